The van der Waals surface area contributed by atoms with Crippen molar-refractivity contribution in [2.45, 2.75) is 6.18 Å². The summed E-state index contributed by atoms with van der Waals surface area (Å²) < 4.78 is 37.7. The predicted molar refractivity (Wildman–Crippen MR) is 76.8 cm³/mol. The summed E-state index contributed by atoms with van der Waals surface area (Å²) in [5.74, 6) is 0. The van der Waals surface area contributed by atoms with Crippen molar-refractivity contribution in [1.29, 1.82) is 0 Å². The van der Waals surface area contributed by atoms with Crippen molar-refractivity contribution < 1.29 is 23.0 Å². The Labute approximate surface area is 134 Å². The third-order valence-corrected chi connectivity index (χ3v) is 2.26. The van der Waals surface area contributed by atoms with E-state index in [1.807, 2.05) is 0 Å². The van der Waals surface area contributed by atoms with Crippen LogP contribution in [0.1, 0.15) is 5.56 Å². The minimum Gasteiger partial charge on any atom is -0.373 e. The lowest BCUT2D eigenvalue weighted by Gasteiger charge is -2.10. The topological polar surface area (TPSA) is 124 Å². The van der Waals surface area contributed by atoms with Gasteiger partial charge in [-0.05, 0) is 0 Å². The van der Waals surface area contributed by atoms with Crippen LogP contribution in [-0.4, -0.2) is 22.9 Å². The van der Waals surface area contributed by atoms with Crippen molar-refractivity contribution >= 4 is 41.9 Å². The Kier molecular flexibility index (Phi) is 8.73. The van der Waals surface area contributed by atoms with Crippen molar-refractivity contribution in [1.82, 2.24) is 0 Å². The third-order valence-electron chi connectivity index (χ3n) is 2.26. The van der Waals surface area contributed by atoms with Crippen LogP contribution in [-0.2, 0) is 6.18 Å². The van der Waals surface area contributed by atoms with Gasteiger partial charge in [-0.3, -0.25) is 20.2 Å². The standard InChI is InChI=1S/C9H9F3N4O4.2ClH/c10-9(11,12)5-3-6(15(17)18)8(14-2-1-13)7(4-5)16(19)20;;/h3-4,14H,1-2,13H2;2*1H. The number of benzene rings is 1. The Bertz CT molecular complexity index is 521. The van der Waals surface area contributed by atoms with Gasteiger partial charge in [0.05, 0.1) is 15.4 Å². The average Bonchev–Trinajstić information content (AvgIpc) is 2.33. The van der Waals surface area contributed by atoms with E-state index in [9.17, 15) is 33.4 Å². The van der Waals surface area contributed by atoms with E-state index >= 15 is 0 Å². The predicted octanol–water partition coefficient (Wildman–Crippen LogP) is 2.74. The van der Waals surface area contributed by atoms with E-state index in [0.29, 0.717) is 0 Å². The highest BCUT2D eigenvalue weighted by Gasteiger charge is 2.37. The van der Waals surface area contributed by atoms with Gasteiger partial charge in [0.25, 0.3) is 11.4 Å². The molecule has 0 atom stereocenters. The van der Waals surface area contributed by atoms with Crippen molar-refractivity contribution in [2.24, 2.45) is 5.73 Å². The SMILES string of the molecule is Cl.Cl.NCCNc1c([N+](=O)[O-])cc(C(F)(F)F)cc1[N+](=O)[O-]. The van der Waals surface area contributed by atoms with Crippen LogP contribution in [0.3, 0.4) is 0 Å². The van der Waals surface area contributed by atoms with E-state index in [0.717, 1.165) is 0 Å². The molecule has 0 spiro atoms. The number of hydrogen-bond acceptors (Lipinski definition) is 6. The molecule has 0 radical (unpaired) electrons. The van der Waals surface area contributed by atoms with Crippen molar-refractivity contribution in [3.8, 4) is 0 Å². The van der Waals surface area contributed by atoms with Crippen LogP contribution in [0.5, 0.6) is 0 Å². The fourth-order valence-electron chi connectivity index (χ4n) is 1.44. The third kappa shape index (κ3) is 5.16. The first kappa shape index (κ1) is 22.4. The summed E-state index contributed by atoms with van der Waals surface area (Å²) in [5.41, 5.74) is 1.03. The number of nitrogens with zero attached hydrogens (tertiary/aromatic N) is 2. The zero-order chi connectivity index (χ0) is 15.5. The van der Waals surface area contributed by atoms with Gasteiger partial charge in [0.2, 0.25) is 0 Å². The monoisotopic (exact) mass is 366 g/mol. The van der Waals surface area contributed by atoms with Crippen molar-refractivity contribution in [3.05, 3.63) is 37.9 Å². The first-order valence-corrected chi connectivity index (χ1v) is 5.16. The molecule has 0 aliphatic carbocycles. The maximum Gasteiger partial charge on any atom is 0.416 e. The molecule has 8 nitrogen and oxygen atoms in total. The molecule has 0 aliphatic heterocycles. The van der Waals surface area contributed by atoms with Gasteiger partial charge in [0.1, 0.15) is 0 Å². The number of anilines is 1. The lowest BCUT2D eigenvalue weighted by molar-refractivity contribution is -0.392. The number of nitro groups is 2. The lowest BCUT2D eigenvalue weighted by Crippen LogP contribution is -2.16. The fourth-order valence-corrected chi connectivity index (χ4v) is 1.44. The van der Waals surface area contributed by atoms with Gasteiger partial charge in [0, 0.05) is 25.2 Å². The summed E-state index contributed by atoms with van der Waals surface area (Å²) in [5, 5.41) is 23.9. The number of rotatable bonds is 5. The van der Waals surface area contributed by atoms with E-state index in [1.165, 1.54) is 0 Å². The van der Waals surface area contributed by atoms with Crippen LogP contribution in [0, 0.1) is 20.2 Å². The molecule has 0 saturated heterocycles. The van der Waals surface area contributed by atoms with Crippen molar-refractivity contribution in [2.75, 3.05) is 18.4 Å². The molecule has 22 heavy (non-hydrogen) atoms. The van der Waals surface area contributed by atoms with Gasteiger partial charge in [-0.15, -0.1) is 24.8 Å². The average molecular weight is 367 g/mol. The Balaban J connectivity index is 0. The number of alkyl halides is 3. The first-order valence-electron chi connectivity index (χ1n) is 5.16. The zero-order valence-electron chi connectivity index (χ0n) is 10.6. The van der Waals surface area contributed by atoms with E-state index in [1.54, 1.807) is 0 Å². The molecule has 13 heteroatoms. The van der Waals surface area contributed by atoms with E-state index in [2.05, 4.69) is 5.32 Å². The second-order valence-electron chi connectivity index (χ2n) is 3.62. The molecule has 126 valence electrons. The molecular formula is C9H11Cl2F3N4O4. The van der Waals surface area contributed by atoms with Gasteiger partial charge in [-0.1, -0.05) is 0 Å². The molecule has 1 rings (SSSR count). The van der Waals surface area contributed by atoms with Gasteiger partial charge < -0.3 is 11.1 Å². The van der Waals surface area contributed by atoms with Gasteiger partial charge >= 0.3 is 6.18 Å². The van der Waals surface area contributed by atoms with Crippen molar-refractivity contribution in [3.63, 3.8) is 0 Å². The highest BCUT2D eigenvalue weighted by molar-refractivity contribution is 5.85. The minimum absolute atomic E-state index is 0. The summed E-state index contributed by atoms with van der Waals surface area (Å²) >= 11 is 0. The summed E-state index contributed by atoms with van der Waals surface area (Å²) in [7, 11) is 0. The number of halogens is 5. The quantitative estimate of drug-likeness (QED) is 0.609. The van der Waals surface area contributed by atoms with E-state index < -0.39 is 38.6 Å². The molecule has 0 aromatic heterocycles. The molecule has 0 unspecified atom stereocenters. The normalized spacial score (nSPS) is 10.2. The number of hydrogen-bond donors (Lipinski definition) is 2. The molecule has 0 heterocycles. The minimum atomic E-state index is -4.93. The van der Waals surface area contributed by atoms with E-state index in [-0.39, 0.29) is 50.0 Å². The maximum absolute atomic E-state index is 12.6. The molecule has 0 saturated carbocycles. The highest BCUT2D eigenvalue weighted by Crippen LogP contribution is 2.40. The smallest absolute Gasteiger partial charge is 0.373 e. The Morgan fingerprint density at radius 3 is 1.77 bits per heavy atom. The Hall–Kier alpha value is -1.85. The summed E-state index contributed by atoms with van der Waals surface area (Å²) in [6.07, 6.45) is -4.93. The van der Waals surface area contributed by atoms with E-state index in [4.69, 9.17) is 5.73 Å². The summed E-state index contributed by atoms with van der Waals surface area (Å²) in [4.78, 5) is 19.3. The van der Waals surface area contributed by atoms with Crippen LogP contribution in [0.2, 0.25) is 0 Å². The molecule has 1 aromatic carbocycles. The molecule has 1 aromatic rings. The maximum atomic E-state index is 12.6. The Morgan fingerprint density at radius 2 is 1.50 bits per heavy atom. The fraction of sp³-hybridized carbons (Fsp3) is 0.333. The van der Waals surface area contributed by atoms with Gasteiger partial charge in [-0.2, -0.15) is 13.2 Å². The zero-order valence-corrected chi connectivity index (χ0v) is 12.3. The van der Waals surface area contributed by atoms with Crippen LogP contribution in [0.25, 0.3) is 0 Å². The second kappa shape index (κ2) is 8.56. The highest BCUT2D eigenvalue weighted by atomic mass is 35.5. The van der Waals surface area contributed by atoms with Crippen LogP contribution >= 0.6 is 24.8 Å². The molecule has 0 bridgehead atoms. The Morgan fingerprint density at radius 1 is 1.09 bits per heavy atom. The molecule has 0 fully saturated rings. The lowest BCUT2D eigenvalue weighted by atomic mass is 10.1. The summed E-state index contributed by atoms with van der Waals surface area (Å²) in [6, 6.07) is 0.484. The second-order valence-corrected chi connectivity index (χ2v) is 3.62. The number of nitrogens with two attached hydrogens (primary N) is 1. The van der Waals surface area contributed by atoms with Crippen LogP contribution < -0.4 is 11.1 Å². The summed E-state index contributed by atoms with van der Waals surface area (Å²) in [6.45, 7) is -0.0671. The molecule has 3 N–H and O–H groups in total. The van der Waals surface area contributed by atoms with Gasteiger partial charge in [-0.25, -0.2) is 0 Å². The van der Waals surface area contributed by atoms with Gasteiger partial charge in [0.15, 0.2) is 5.69 Å². The molecule has 0 amide bonds. The largest absolute Gasteiger partial charge is 0.416 e. The van der Waals surface area contributed by atoms with Crippen LogP contribution in [0.4, 0.5) is 30.2 Å². The number of nitrogens with one attached hydrogen (secondary N) is 1. The van der Waals surface area contributed by atoms with Crippen LogP contribution in [0.15, 0.2) is 12.1 Å². The molecular weight excluding hydrogens is 356 g/mol. The first-order chi connectivity index (χ1) is 9.18. The molecule has 0 aliphatic rings. The number of nitro benzene ring substituents is 2.